The van der Waals surface area contributed by atoms with Crippen molar-refractivity contribution in [1.82, 2.24) is 10.0 Å². The molecule has 158 valence electrons. The third-order valence-corrected chi connectivity index (χ3v) is 6.98. The predicted molar refractivity (Wildman–Crippen MR) is 121 cm³/mol. The van der Waals surface area contributed by atoms with E-state index in [1.807, 2.05) is 18.7 Å². The molecule has 0 atom stereocenters. The van der Waals surface area contributed by atoms with Crippen LogP contribution in [0.15, 0.2) is 53.4 Å². The Balaban J connectivity index is 1.77. The van der Waals surface area contributed by atoms with Gasteiger partial charge in [-0.3, -0.25) is 4.79 Å². The summed E-state index contributed by atoms with van der Waals surface area (Å²) in [6, 6.07) is 13.7. The second kappa shape index (κ2) is 12.0. The van der Waals surface area contributed by atoms with Gasteiger partial charge in [-0.15, -0.1) is 0 Å². The molecule has 0 unspecified atom stereocenters. The van der Waals surface area contributed by atoms with Crippen LogP contribution in [0.5, 0.6) is 0 Å². The summed E-state index contributed by atoms with van der Waals surface area (Å²) in [5.41, 5.74) is 2.38. The first-order valence-electron chi connectivity index (χ1n) is 9.93. The minimum Gasteiger partial charge on any atom is -0.352 e. The second-order valence-electron chi connectivity index (χ2n) is 6.91. The van der Waals surface area contributed by atoms with Crippen LogP contribution in [0.3, 0.4) is 0 Å². The number of carbonyl (C=O) groups excluding carboxylic acids is 1. The van der Waals surface area contributed by atoms with Crippen molar-refractivity contribution in [3.63, 3.8) is 0 Å². The molecule has 2 aromatic carbocycles. The molecule has 0 aliphatic carbocycles. The van der Waals surface area contributed by atoms with E-state index in [1.54, 1.807) is 48.5 Å². The maximum absolute atomic E-state index is 12.3. The number of thioether (sulfide) groups is 1. The zero-order valence-electron chi connectivity index (χ0n) is 17.1. The van der Waals surface area contributed by atoms with Crippen LogP contribution in [0.2, 0.25) is 0 Å². The molecule has 0 heterocycles. The van der Waals surface area contributed by atoms with Crippen LogP contribution < -0.4 is 10.0 Å². The molecule has 7 heteroatoms. The maximum Gasteiger partial charge on any atom is 0.251 e. The van der Waals surface area contributed by atoms with Crippen LogP contribution >= 0.6 is 11.8 Å². The molecule has 0 radical (unpaired) electrons. The van der Waals surface area contributed by atoms with Crippen molar-refractivity contribution in [3.8, 4) is 0 Å². The third-order valence-electron chi connectivity index (χ3n) is 4.41. The lowest BCUT2D eigenvalue weighted by atomic mass is 10.1. The fraction of sp³-hybridized carbons (Fsp3) is 0.409. The van der Waals surface area contributed by atoms with Gasteiger partial charge in [0, 0.05) is 18.7 Å². The smallest absolute Gasteiger partial charge is 0.251 e. The number of unbranched alkanes of at least 4 members (excludes halogenated alkanes) is 1. The third kappa shape index (κ3) is 8.20. The van der Waals surface area contributed by atoms with Gasteiger partial charge in [0.2, 0.25) is 10.0 Å². The maximum atomic E-state index is 12.3. The van der Waals surface area contributed by atoms with E-state index < -0.39 is 10.0 Å². The first-order chi connectivity index (χ1) is 13.9. The van der Waals surface area contributed by atoms with Crippen molar-refractivity contribution in [1.29, 1.82) is 0 Å². The number of sulfonamides is 1. The number of benzene rings is 2. The van der Waals surface area contributed by atoms with Crippen molar-refractivity contribution < 1.29 is 13.2 Å². The Morgan fingerprint density at radius 2 is 1.62 bits per heavy atom. The fourth-order valence-corrected chi connectivity index (χ4v) is 4.64. The second-order valence-corrected chi connectivity index (χ2v) is 9.90. The average Bonchev–Trinajstić information content (AvgIpc) is 2.72. The topological polar surface area (TPSA) is 75.3 Å². The summed E-state index contributed by atoms with van der Waals surface area (Å²) in [5.74, 6) is 2.13. The van der Waals surface area contributed by atoms with E-state index in [0.29, 0.717) is 12.1 Å². The number of hydrogen-bond donors (Lipinski definition) is 2. The highest BCUT2D eigenvalue weighted by atomic mass is 32.2. The predicted octanol–water partition coefficient (Wildman–Crippen LogP) is 4.13. The molecule has 0 aliphatic rings. The van der Waals surface area contributed by atoms with Crippen molar-refractivity contribution >= 4 is 27.7 Å². The van der Waals surface area contributed by atoms with Crippen LogP contribution in [0.1, 0.15) is 47.7 Å². The van der Waals surface area contributed by atoms with Gasteiger partial charge in [0.25, 0.3) is 5.91 Å². The molecule has 1 amide bonds. The summed E-state index contributed by atoms with van der Waals surface area (Å²) in [4.78, 5) is 12.4. The lowest BCUT2D eigenvalue weighted by Crippen LogP contribution is -2.25. The molecule has 2 aromatic rings. The first kappa shape index (κ1) is 23.4. The summed E-state index contributed by atoms with van der Waals surface area (Å²) in [7, 11) is -3.56. The van der Waals surface area contributed by atoms with Gasteiger partial charge in [-0.1, -0.05) is 43.2 Å². The number of nitrogens with one attached hydrogen (secondary N) is 2. The van der Waals surface area contributed by atoms with Crippen molar-refractivity contribution in [2.24, 2.45) is 0 Å². The Hall–Kier alpha value is -1.83. The first-order valence-corrected chi connectivity index (χ1v) is 12.6. The number of amides is 1. The molecule has 0 bridgehead atoms. The highest BCUT2D eigenvalue weighted by Gasteiger charge is 2.13. The summed E-state index contributed by atoms with van der Waals surface area (Å²) in [6.07, 6.45) is 3.41. The molecule has 0 spiro atoms. The van der Waals surface area contributed by atoms with Crippen molar-refractivity contribution in [2.45, 2.75) is 44.6 Å². The Morgan fingerprint density at radius 3 is 2.28 bits per heavy atom. The zero-order chi connectivity index (χ0) is 21.1. The highest BCUT2D eigenvalue weighted by molar-refractivity contribution is 7.99. The van der Waals surface area contributed by atoms with Crippen LogP contribution in [-0.4, -0.2) is 32.4 Å². The number of rotatable bonds is 12. The summed E-state index contributed by atoms with van der Waals surface area (Å²) in [5, 5.41) is 2.93. The van der Waals surface area contributed by atoms with E-state index in [0.717, 1.165) is 23.3 Å². The molecule has 5 nitrogen and oxygen atoms in total. The molecule has 0 saturated carbocycles. The van der Waals surface area contributed by atoms with Gasteiger partial charge >= 0.3 is 0 Å². The van der Waals surface area contributed by atoms with Crippen LogP contribution in [-0.2, 0) is 16.6 Å². The van der Waals surface area contributed by atoms with Gasteiger partial charge in [-0.25, -0.2) is 13.1 Å². The van der Waals surface area contributed by atoms with E-state index in [9.17, 15) is 13.2 Å². The molecule has 29 heavy (non-hydrogen) atoms. The fourth-order valence-electron chi connectivity index (χ4n) is 2.58. The molecule has 0 saturated heterocycles. The monoisotopic (exact) mass is 434 g/mol. The van der Waals surface area contributed by atoms with Gasteiger partial charge in [-0.2, -0.15) is 11.8 Å². The molecular formula is C22H30N2O3S2. The lowest BCUT2D eigenvalue weighted by Gasteiger charge is -2.09. The number of aryl methyl sites for hydroxylation is 1. The van der Waals surface area contributed by atoms with E-state index in [-0.39, 0.29) is 17.3 Å². The Kier molecular flexibility index (Phi) is 9.70. The van der Waals surface area contributed by atoms with E-state index in [1.165, 1.54) is 18.6 Å². The van der Waals surface area contributed by atoms with Gasteiger partial charge in [-0.05, 0) is 61.1 Å². The van der Waals surface area contributed by atoms with Gasteiger partial charge in [0.1, 0.15) is 0 Å². The minimum absolute atomic E-state index is 0.102. The summed E-state index contributed by atoms with van der Waals surface area (Å²) >= 11 is 1.93. The molecule has 0 aliphatic heterocycles. The van der Waals surface area contributed by atoms with Gasteiger partial charge in [0.15, 0.2) is 0 Å². The quantitative estimate of drug-likeness (QED) is 0.493. The Labute approximate surface area is 178 Å². The van der Waals surface area contributed by atoms with Gasteiger partial charge in [0.05, 0.1) is 4.90 Å². The highest BCUT2D eigenvalue weighted by Crippen LogP contribution is 2.11. The van der Waals surface area contributed by atoms with Crippen molar-refractivity contribution in [3.05, 3.63) is 65.2 Å². The lowest BCUT2D eigenvalue weighted by molar-refractivity contribution is 0.0954. The summed E-state index contributed by atoms with van der Waals surface area (Å²) in [6.45, 7) is 4.93. The zero-order valence-corrected chi connectivity index (χ0v) is 18.7. The Bertz CT molecular complexity index is 864. The number of carbonyl (C=O) groups is 1. The normalized spacial score (nSPS) is 11.4. The standard InChI is InChI=1S/C22H30N2O3S2/c1-3-4-15-28-16-5-14-23-22(25)20-10-8-19(9-11-20)17-24-29(26,27)21-12-6-18(2)7-13-21/h6-13,24H,3-5,14-17H2,1-2H3,(H,23,25). The van der Waals surface area contributed by atoms with E-state index >= 15 is 0 Å². The minimum atomic E-state index is -3.56. The molecular weight excluding hydrogens is 404 g/mol. The largest absolute Gasteiger partial charge is 0.352 e. The molecule has 0 aromatic heterocycles. The SMILES string of the molecule is CCCCSCCCNC(=O)c1ccc(CNS(=O)(=O)c2ccc(C)cc2)cc1. The molecule has 0 fully saturated rings. The molecule has 2 N–H and O–H groups in total. The summed E-state index contributed by atoms with van der Waals surface area (Å²) < 4.78 is 27.3. The van der Waals surface area contributed by atoms with Crippen molar-refractivity contribution in [2.75, 3.05) is 18.1 Å². The molecule has 2 rings (SSSR count). The van der Waals surface area contributed by atoms with Crippen LogP contribution in [0.4, 0.5) is 0 Å². The Morgan fingerprint density at radius 1 is 0.966 bits per heavy atom. The van der Waals surface area contributed by atoms with E-state index in [4.69, 9.17) is 0 Å². The number of hydrogen-bond acceptors (Lipinski definition) is 4. The average molecular weight is 435 g/mol. The van der Waals surface area contributed by atoms with E-state index in [2.05, 4.69) is 17.0 Å². The van der Waals surface area contributed by atoms with Gasteiger partial charge < -0.3 is 5.32 Å². The van der Waals surface area contributed by atoms with Crippen LogP contribution in [0, 0.1) is 6.92 Å². The van der Waals surface area contributed by atoms with Crippen LogP contribution in [0.25, 0.3) is 0 Å².